The molecule has 44 heavy (non-hydrogen) atoms. The van der Waals surface area contributed by atoms with Crippen LogP contribution in [0.1, 0.15) is 62.5 Å². The zero-order chi connectivity index (χ0) is 32.9. The molecule has 9 heteroatoms. The summed E-state index contributed by atoms with van der Waals surface area (Å²) in [4.78, 5) is 39.6. The first-order valence-electron chi connectivity index (χ1n) is 14.9. The number of nitrogens with one attached hydrogen (secondary N) is 1. The van der Waals surface area contributed by atoms with Gasteiger partial charge in [0.25, 0.3) is 0 Å². The van der Waals surface area contributed by atoms with E-state index in [-0.39, 0.29) is 23.7 Å². The Labute approximate surface area is 271 Å². The quantitative estimate of drug-likeness (QED) is 0.150. The van der Waals surface area contributed by atoms with Crippen molar-refractivity contribution in [3.63, 3.8) is 0 Å². The standard InChI is InChI=1S/C19H19ClN2O2S.C14H20O3.C2H6/c1-25-17-8-2-13(3-9-17)18(23)14-10-11-22(12-14)19(24)21-16-6-4-15(20)5-7-16;1-6-16-13(15)14(4,5)17-12-10(2)8-7-9-11(12)3;1-2/h2-9,14H,10-12H2,1H3,(H,21,24);7-9H,6H2,1-5H3;1-2H3/t14-;;/m1../s1. The van der Waals surface area contributed by atoms with Crippen molar-refractivity contribution < 1.29 is 23.9 Å². The van der Waals surface area contributed by atoms with E-state index in [2.05, 4.69) is 5.32 Å². The van der Waals surface area contributed by atoms with Gasteiger partial charge in [-0.1, -0.05) is 55.8 Å². The Morgan fingerprint density at radius 2 is 1.57 bits per heavy atom. The number of ether oxygens (including phenoxy) is 2. The number of amides is 2. The molecule has 0 saturated carbocycles. The van der Waals surface area contributed by atoms with Gasteiger partial charge in [0.1, 0.15) is 5.75 Å². The van der Waals surface area contributed by atoms with Crippen LogP contribution in [0.5, 0.6) is 5.75 Å². The van der Waals surface area contributed by atoms with Crippen molar-refractivity contribution in [2.24, 2.45) is 5.92 Å². The second kappa shape index (κ2) is 17.7. The highest BCUT2D eigenvalue weighted by atomic mass is 35.5. The van der Waals surface area contributed by atoms with E-state index < -0.39 is 5.60 Å². The number of hydrogen-bond acceptors (Lipinski definition) is 6. The Kier molecular flexibility index (Phi) is 14.8. The number of carbonyl (C=O) groups excluding carboxylic acids is 3. The van der Waals surface area contributed by atoms with Gasteiger partial charge in [-0.05, 0) is 94.8 Å². The van der Waals surface area contributed by atoms with Gasteiger partial charge in [-0.2, -0.15) is 0 Å². The van der Waals surface area contributed by atoms with E-state index in [1.165, 1.54) is 0 Å². The summed E-state index contributed by atoms with van der Waals surface area (Å²) >= 11 is 7.49. The maximum absolute atomic E-state index is 12.6. The number of para-hydroxylation sites is 1. The summed E-state index contributed by atoms with van der Waals surface area (Å²) in [6.45, 7) is 14.5. The molecule has 2 amide bonds. The van der Waals surface area contributed by atoms with Crippen molar-refractivity contribution in [3.8, 4) is 5.75 Å². The average Bonchev–Trinajstić information content (AvgIpc) is 3.52. The molecular formula is C35H45ClN2O5S. The zero-order valence-corrected chi connectivity index (χ0v) is 28.6. The molecule has 1 heterocycles. The van der Waals surface area contributed by atoms with Gasteiger partial charge in [-0.25, -0.2) is 9.59 Å². The summed E-state index contributed by atoms with van der Waals surface area (Å²) in [6.07, 6.45) is 2.70. The molecule has 1 atom stereocenters. The predicted molar refractivity (Wildman–Crippen MR) is 181 cm³/mol. The van der Waals surface area contributed by atoms with Crippen LogP contribution in [0.2, 0.25) is 5.02 Å². The Bertz CT molecular complexity index is 1360. The van der Waals surface area contributed by atoms with Crippen molar-refractivity contribution in [3.05, 3.63) is 88.4 Å². The van der Waals surface area contributed by atoms with Gasteiger partial charge in [-0.15, -0.1) is 11.8 Å². The molecule has 1 aliphatic heterocycles. The predicted octanol–water partition coefficient (Wildman–Crippen LogP) is 8.85. The lowest BCUT2D eigenvalue weighted by molar-refractivity contribution is -0.158. The minimum absolute atomic E-state index is 0.106. The first kappa shape index (κ1) is 36.7. The summed E-state index contributed by atoms with van der Waals surface area (Å²) in [7, 11) is 0. The normalized spacial score (nSPS) is 13.9. The molecule has 7 nitrogen and oxygen atoms in total. The lowest BCUT2D eigenvalue weighted by Crippen LogP contribution is -2.40. The number of hydrogen-bond donors (Lipinski definition) is 1. The molecule has 1 N–H and O–H groups in total. The summed E-state index contributed by atoms with van der Waals surface area (Å²) in [6, 6.07) is 20.3. The fourth-order valence-electron chi connectivity index (χ4n) is 4.45. The Balaban J connectivity index is 0.000000311. The van der Waals surface area contributed by atoms with E-state index in [0.717, 1.165) is 21.8 Å². The minimum atomic E-state index is -0.965. The number of nitrogens with zero attached hydrogens (tertiary/aromatic N) is 1. The summed E-state index contributed by atoms with van der Waals surface area (Å²) < 4.78 is 10.8. The molecule has 0 aliphatic carbocycles. The van der Waals surface area contributed by atoms with E-state index in [1.807, 2.05) is 76.4 Å². The van der Waals surface area contributed by atoms with E-state index in [0.29, 0.717) is 42.4 Å². The van der Waals surface area contributed by atoms with Gasteiger partial charge in [-0.3, -0.25) is 4.79 Å². The summed E-state index contributed by atoms with van der Waals surface area (Å²) in [5, 5.41) is 3.46. The Hall–Kier alpha value is -3.49. The van der Waals surface area contributed by atoms with Crippen LogP contribution < -0.4 is 10.1 Å². The molecule has 0 spiro atoms. The van der Waals surface area contributed by atoms with Gasteiger partial charge in [0, 0.05) is 40.2 Å². The van der Waals surface area contributed by atoms with Crippen molar-refractivity contribution >= 4 is 46.8 Å². The number of aryl methyl sites for hydroxylation is 2. The maximum atomic E-state index is 12.6. The fourth-order valence-corrected chi connectivity index (χ4v) is 4.98. The molecule has 1 aliphatic rings. The van der Waals surface area contributed by atoms with E-state index >= 15 is 0 Å². The van der Waals surface area contributed by atoms with Crippen LogP contribution in [-0.2, 0) is 9.53 Å². The zero-order valence-electron chi connectivity index (χ0n) is 27.0. The van der Waals surface area contributed by atoms with Crippen molar-refractivity contribution in [2.75, 3.05) is 31.3 Å². The van der Waals surface area contributed by atoms with Gasteiger partial charge < -0.3 is 19.7 Å². The van der Waals surface area contributed by atoms with E-state index in [1.54, 1.807) is 61.7 Å². The number of likely N-dealkylation sites (tertiary alicyclic amines) is 1. The molecule has 1 fully saturated rings. The molecule has 1 saturated heterocycles. The summed E-state index contributed by atoms with van der Waals surface area (Å²) in [5.74, 6) is 0.374. The molecule has 0 aromatic heterocycles. The molecule has 238 valence electrons. The van der Waals surface area contributed by atoms with Crippen LogP contribution in [0.3, 0.4) is 0 Å². The number of urea groups is 1. The van der Waals surface area contributed by atoms with Crippen LogP contribution in [0.15, 0.2) is 71.6 Å². The first-order chi connectivity index (χ1) is 20.9. The third-order valence-corrected chi connectivity index (χ3v) is 7.84. The second-order valence-corrected chi connectivity index (χ2v) is 11.8. The lowest BCUT2D eigenvalue weighted by atomic mass is 9.97. The number of benzene rings is 3. The number of halogens is 1. The highest BCUT2D eigenvalue weighted by Crippen LogP contribution is 2.27. The average molecular weight is 641 g/mol. The number of thioether (sulfide) groups is 1. The highest BCUT2D eigenvalue weighted by molar-refractivity contribution is 7.98. The third-order valence-electron chi connectivity index (χ3n) is 6.85. The first-order valence-corrected chi connectivity index (χ1v) is 16.5. The topological polar surface area (TPSA) is 84.9 Å². The van der Waals surface area contributed by atoms with Crippen LogP contribution in [-0.4, -0.2) is 54.2 Å². The van der Waals surface area contributed by atoms with E-state index in [9.17, 15) is 14.4 Å². The number of esters is 1. The fraction of sp³-hybridized carbons (Fsp3) is 0.400. The molecule has 0 unspecified atom stereocenters. The van der Waals surface area contributed by atoms with Gasteiger partial charge >= 0.3 is 12.0 Å². The van der Waals surface area contributed by atoms with Gasteiger partial charge in [0.2, 0.25) is 0 Å². The molecule has 0 bridgehead atoms. The van der Waals surface area contributed by atoms with Gasteiger partial charge in [0.15, 0.2) is 11.4 Å². The number of Topliss-reactive ketones (excluding diaryl/α,β-unsaturated/α-hetero) is 1. The van der Waals surface area contributed by atoms with Crippen LogP contribution in [0, 0.1) is 19.8 Å². The van der Waals surface area contributed by atoms with Gasteiger partial charge in [0.05, 0.1) is 6.61 Å². The summed E-state index contributed by atoms with van der Waals surface area (Å²) in [5.41, 5.74) is 2.47. The number of carbonyl (C=O) groups is 3. The van der Waals surface area contributed by atoms with Crippen LogP contribution >= 0.6 is 23.4 Å². The van der Waals surface area contributed by atoms with E-state index in [4.69, 9.17) is 21.1 Å². The van der Waals surface area contributed by atoms with Crippen molar-refractivity contribution in [2.45, 2.75) is 65.4 Å². The maximum Gasteiger partial charge on any atom is 0.349 e. The van der Waals surface area contributed by atoms with Crippen molar-refractivity contribution in [1.29, 1.82) is 0 Å². The highest BCUT2D eigenvalue weighted by Gasteiger charge is 2.33. The molecule has 0 radical (unpaired) electrons. The molecule has 3 aromatic rings. The second-order valence-electron chi connectivity index (χ2n) is 10.5. The molecule has 3 aromatic carbocycles. The molecular weight excluding hydrogens is 596 g/mol. The van der Waals surface area contributed by atoms with Crippen LogP contribution in [0.25, 0.3) is 0 Å². The lowest BCUT2D eigenvalue weighted by Gasteiger charge is -2.26. The number of ketones is 1. The number of anilines is 1. The largest absolute Gasteiger partial charge is 0.476 e. The minimum Gasteiger partial charge on any atom is -0.476 e. The van der Waals surface area contributed by atoms with Crippen molar-refractivity contribution in [1.82, 2.24) is 4.90 Å². The third kappa shape index (κ3) is 10.6. The monoisotopic (exact) mass is 640 g/mol. The van der Waals surface area contributed by atoms with Crippen LogP contribution in [0.4, 0.5) is 10.5 Å². The number of rotatable bonds is 8. The smallest absolute Gasteiger partial charge is 0.349 e. The SMILES string of the molecule is CC.CCOC(=O)C(C)(C)Oc1c(C)cccc1C.CSc1ccc(C(=O)[C@@H]2CCN(C(=O)Nc3ccc(Cl)cc3)C2)cc1. The Morgan fingerprint density at radius 1 is 0.977 bits per heavy atom. The molecule has 4 rings (SSSR count). The Morgan fingerprint density at radius 3 is 2.11 bits per heavy atom.